The van der Waals surface area contributed by atoms with Crippen LogP contribution in [0.1, 0.15) is 17.0 Å². The number of rotatable bonds is 6. The van der Waals surface area contributed by atoms with Crippen molar-refractivity contribution in [2.75, 3.05) is 12.4 Å². The number of hydrogen-bond donors (Lipinski definition) is 1. The summed E-state index contributed by atoms with van der Waals surface area (Å²) in [5.74, 6) is 0.301. The van der Waals surface area contributed by atoms with Crippen molar-refractivity contribution in [1.82, 2.24) is 4.98 Å². The fourth-order valence-corrected chi connectivity index (χ4v) is 3.91. The fourth-order valence-electron chi connectivity index (χ4n) is 3.19. The molecule has 5 heteroatoms. The van der Waals surface area contributed by atoms with Gasteiger partial charge in [0.2, 0.25) is 5.91 Å². The van der Waals surface area contributed by atoms with Crippen LogP contribution in [0, 0.1) is 0 Å². The molecule has 0 aliphatic carbocycles. The zero-order chi connectivity index (χ0) is 20.1. The number of anilines is 1. The van der Waals surface area contributed by atoms with Crippen molar-refractivity contribution in [1.29, 1.82) is 0 Å². The minimum Gasteiger partial charge on any atom is -0.497 e. The molecular weight excluding hydrogens is 380 g/mol. The average molecular weight is 401 g/mol. The van der Waals surface area contributed by atoms with E-state index < -0.39 is 5.92 Å². The molecule has 0 aliphatic heterocycles. The Kier molecular flexibility index (Phi) is 5.68. The summed E-state index contributed by atoms with van der Waals surface area (Å²) in [5, 5.41) is 5.52. The molecule has 144 valence electrons. The van der Waals surface area contributed by atoms with Gasteiger partial charge in [-0.1, -0.05) is 60.7 Å². The predicted octanol–water partition coefficient (Wildman–Crippen LogP) is 5.59. The highest BCUT2D eigenvalue weighted by atomic mass is 32.1. The van der Waals surface area contributed by atoms with E-state index in [2.05, 4.69) is 10.3 Å². The normalized spacial score (nSPS) is 10.7. The lowest BCUT2D eigenvalue weighted by Crippen LogP contribution is -2.22. The molecule has 4 nitrogen and oxygen atoms in total. The number of hydrogen-bond acceptors (Lipinski definition) is 4. The van der Waals surface area contributed by atoms with E-state index in [-0.39, 0.29) is 5.91 Å². The number of aromatic nitrogens is 1. The van der Waals surface area contributed by atoms with Crippen LogP contribution in [0.3, 0.4) is 0 Å². The van der Waals surface area contributed by atoms with Gasteiger partial charge in [-0.2, -0.15) is 0 Å². The van der Waals surface area contributed by atoms with E-state index in [0.29, 0.717) is 5.13 Å². The molecule has 0 spiro atoms. The smallest absolute Gasteiger partial charge is 0.238 e. The van der Waals surface area contributed by atoms with Gasteiger partial charge in [0.25, 0.3) is 0 Å². The zero-order valence-corrected chi connectivity index (χ0v) is 16.7. The van der Waals surface area contributed by atoms with Gasteiger partial charge in [0.1, 0.15) is 5.75 Å². The summed E-state index contributed by atoms with van der Waals surface area (Å²) in [6, 6.07) is 27.3. The van der Waals surface area contributed by atoms with E-state index >= 15 is 0 Å². The van der Waals surface area contributed by atoms with Crippen LogP contribution in [-0.4, -0.2) is 18.0 Å². The van der Waals surface area contributed by atoms with Crippen LogP contribution in [0.4, 0.5) is 5.13 Å². The van der Waals surface area contributed by atoms with Gasteiger partial charge >= 0.3 is 0 Å². The van der Waals surface area contributed by atoms with Gasteiger partial charge < -0.3 is 10.1 Å². The molecule has 0 saturated heterocycles. The van der Waals surface area contributed by atoms with E-state index in [1.54, 1.807) is 7.11 Å². The summed E-state index contributed by atoms with van der Waals surface area (Å²) in [6.07, 6.45) is 0. The molecule has 1 aromatic heterocycles. The molecule has 4 aromatic rings. The highest BCUT2D eigenvalue weighted by molar-refractivity contribution is 7.14. The highest BCUT2D eigenvalue weighted by Crippen LogP contribution is 2.29. The van der Waals surface area contributed by atoms with Crippen LogP contribution in [0.25, 0.3) is 11.3 Å². The topological polar surface area (TPSA) is 51.2 Å². The molecule has 29 heavy (non-hydrogen) atoms. The quantitative estimate of drug-likeness (QED) is 0.459. The fraction of sp³-hybridized carbons (Fsp3) is 0.0833. The molecule has 4 rings (SSSR count). The first-order chi connectivity index (χ1) is 14.2. The maximum absolute atomic E-state index is 13.2. The van der Waals surface area contributed by atoms with Gasteiger partial charge in [-0.25, -0.2) is 4.98 Å². The van der Waals surface area contributed by atoms with E-state index in [0.717, 1.165) is 28.1 Å². The number of amides is 1. The van der Waals surface area contributed by atoms with Crippen molar-refractivity contribution >= 4 is 22.4 Å². The van der Waals surface area contributed by atoms with Crippen molar-refractivity contribution in [2.45, 2.75) is 5.92 Å². The summed E-state index contributed by atoms with van der Waals surface area (Å²) in [6.45, 7) is 0. The van der Waals surface area contributed by atoms with E-state index in [4.69, 9.17) is 4.74 Å². The van der Waals surface area contributed by atoms with Gasteiger partial charge in [-0.3, -0.25) is 4.79 Å². The molecule has 0 saturated carbocycles. The lowest BCUT2D eigenvalue weighted by Gasteiger charge is -2.17. The zero-order valence-electron chi connectivity index (χ0n) is 15.9. The first-order valence-corrected chi connectivity index (χ1v) is 10.1. The Morgan fingerprint density at radius 3 is 2.03 bits per heavy atom. The van der Waals surface area contributed by atoms with Gasteiger partial charge in [-0.05, 0) is 35.4 Å². The third-order valence-corrected chi connectivity index (χ3v) is 5.41. The lowest BCUT2D eigenvalue weighted by molar-refractivity contribution is -0.116. The van der Waals surface area contributed by atoms with Crippen LogP contribution in [0.15, 0.2) is 90.3 Å². The Bertz CT molecular complexity index is 1040. The molecule has 0 radical (unpaired) electrons. The molecule has 0 atom stereocenters. The second-order valence-corrected chi connectivity index (χ2v) is 7.37. The SMILES string of the molecule is COc1ccc(-c2csc(NC(=O)C(c3ccccc3)c3ccccc3)n2)cc1. The monoisotopic (exact) mass is 400 g/mol. The molecule has 0 unspecified atom stereocenters. The second-order valence-electron chi connectivity index (χ2n) is 6.51. The van der Waals surface area contributed by atoms with Gasteiger partial charge in [0.15, 0.2) is 5.13 Å². The van der Waals surface area contributed by atoms with Crippen LogP contribution in [0.2, 0.25) is 0 Å². The third-order valence-electron chi connectivity index (χ3n) is 4.65. The number of nitrogens with zero attached hydrogens (tertiary/aromatic N) is 1. The Balaban J connectivity index is 1.57. The number of methoxy groups -OCH3 is 1. The maximum atomic E-state index is 13.2. The molecule has 0 aliphatic rings. The van der Waals surface area contributed by atoms with Crippen molar-refractivity contribution in [3.05, 3.63) is 101 Å². The molecule has 3 aromatic carbocycles. The highest BCUT2D eigenvalue weighted by Gasteiger charge is 2.23. The molecule has 0 fully saturated rings. The number of ether oxygens (including phenoxy) is 1. The van der Waals surface area contributed by atoms with E-state index in [1.165, 1.54) is 11.3 Å². The number of carbonyl (C=O) groups is 1. The Labute approximate surface area is 173 Å². The van der Waals surface area contributed by atoms with E-state index in [9.17, 15) is 4.79 Å². The standard InChI is InChI=1S/C24H20N2O2S/c1-28-20-14-12-17(13-15-20)21-16-29-24(25-21)26-23(27)22(18-8-4-2-5-9-18)19-10-6-3-7-11-19/h2-16,22H,1H3,(H,25,26,27). The number of thiazole rings is 1. The predicted molar refractivity (Wildman–Crippen MR) is 117 cm³/mol. The minimum atomic E-state index is -0.397. The first kappa shape index (κ1) is 18.9. The number of carbonyl (C=O) groups excluding carboxylic acids is 1. The average Bonchev–Trinajstić information content (AvgIpc) is 3.24. The summed E-state index contributed by atoms with van der Waals surface area (Å²) < 4.78 is 5.20. The Morgan fingerprint density at radius 1 is 0.897 bits per heavy atom. The lowest BCUT2D eigenvalue weighted by atomic mass is 9.90. The summed E-state index contributed by atoms with van der Waals surface area (Å²) in [5.41, 5.74) is 3.69. The van der Waals surface area contributed by atoms with Gasteiger partial charge in [0, 0.05) is 10.9 Å². The minimum absolute atomic E-state index is 0.0990. The largest absolute Gasteiger partial charge is 0.497 e. The first-order valence-electron chi connectivity index (χ1n) is 9.25. The molecule has 0 bridgehead atoms. The van der Waals surface area contributed by atoms with Gasteiger partial charge in [-0.15, -0.1) is 11.3 Å². The second kappa shape index (κ2) is 8.71. The van der Waals surface area contributed by atoms with Crippen molar-refractivity contribution in [2.24, 2.45) is 0 Å². The van der Waals surface area contributed by atoms with Crippen molar-refractivity contribution in [3.63, 3.8) is 0 Å². The maximum Gasteiger partial charge on any atom is 0.238 e. The molecular formula is C24H20N2O2S. The number of benzene rings is 3. The Hall–Kier alpha value is -3.44. The number of nitrogens with one attached hydrogen (secondary N) is 1. The molecule has 1 N–H and O–H groups in total. The summed E-state index contributed by atoms with van der Waals surface area (Å²) in [4.78, 5) is 17.8. The van der Waals surface area contributed by atoms with Crippen LogP contribution in [0.5, 0.6) is 5.75 Å². The van der Waals surface area contributed by atoms with Crippen LogP contribution in [-0.2, 0) is 4.79 Å². The summed E-state index contributed by atoms with van der Waals surface area (Å²) >= 11 is 1.42. The third kappa shape index (κ3) is 4.36. The van der Waals surface area contributed by atoms with Crippen molar-refractivity contribution < 1.29 is 9.53 Å². The van der Waals surface area contributed by atoms with Crippen LogP contribution >= 0.6 is 11.3 Å². The van der Waals surface area contributed by atoms with Crippen LogP contribution < -0.4 is 10.1 Å². The Morgan fingerprint density at radius 2 is 1.48 bits per heavy atom. The summed E-state index contributed by atoms with van der Waals surface area (Å²) in [7, 11) is 1.64. The van der Waals surface area contributed by atoms with E-state index in [1.807, 2.05) is 90.3 Å². The molecule has 1 amide bonds. The van der Waals surface area contributed by atoms with Crippen molar-refractivity contribution in [3.8, 4) is 17.0 Å². The van der Waals surface area contributed by atoms with Gasteiger partial charge in [0.05, 0.1) is 18.7 Å². The molecule has 1 heterocycles.